The number of carboxylic acid groups (broad SMARTS) is 1. The highest BCUT2D eigenvalue weighted by atomic mass is 16.5. The van der Waals surface area contributed by atoms with Crippen LogP contribution in [-0.2, 0) is 14.3 Å². The molecule has 3 N–H and O–H groups in total. The molecule has 35 heavy (non-hydrogen) atoms. The molecule has 1 aliphatic rings. The van der Waals surface area contributed by atoms with E-state index >= 15 is 0 Å². The largest absolute Gasteiger partial charge is 0.480 e. The predicted octanol–water partition coefficient (Wildman–Crippen LogP) is 4.87. The molecule has 2 aromatic rings. The van der Waals surface area contributed by atoms with Crippen LogP contribution in [0.15, 0.2) is 61.2 Å². The Morgan fingerprint density at radius 2 is 1.60 bits per heavy atom. The summed E-state index contributed by atoms with van der Waals surface area (Å²) >= 11 is 0. The predicted molar refractivity (Wildman–Crippen MR) is 135 cm³/mol. The molecule has 2 atom stereocenters. The topological polar surface area (TPSA) is 105 Å². The van der Waals surface area contributed by atoms with Crippen molar-refractivity contribution in [3.8, 4) is 11.1 Å². The monoisotopic (exact) mass is 478 g/mol. The fourth-order valence-corrected chi connectivity index (χ4v) is 4.34. The van der Waals surface area contributed by atoms with E-state index in [-0.39, 0.29) is 25.4 Å². The molecule has 0 radical (unpaired) electrons. The number of nitrogens with one attached hydrogen (secondary N) is 2. The van der Waals surface area contributed by atoms with Crippen molar-refractivity contribution in [3.05, 3.63) is 72.3 Å². The zero-order chi connectivity index (χ0) is 25.6. The van der Waals surface area contributed by atoms with E-state index in [1.807, 2.05) is 45.0 Å². The number of benzene rings is 2. The second kappa shape index (κ2) is 11.2. The molecule has 3 rings (SSSR count). The Bertz CT molecular complexity index is 1040. The maximum atomic E-state index is 12.8. The quantitative estimate of drug-likeness (QED) is 0.423. The molecule has 1 aliphatic carbocycles. The van der Waals surface area contributed by atoms with E-state index in [0.29, 0.717) is 6.42 Å². The molecule has 0 saturated carbocycles. The first kappa shape index (κ1) is 26.0. The number of aliphatic carboxylic acids is 1. The minimum absolute atomic E-state index is 0.0639. The van der Waals surface area contributed by atoms with E-state index in [0.717, 1.165) is 22.3 Å². The number of rotatable bonds is 10. The van der Waals surface area contributed by atoms with E-state index in [4.69, 9.17) is 4.74 Å². The Morgan fingerprint density at radius 3 is 2.11 bits per heavy atom. The molecule has 0 heterocycles. The Labute approximate surface area is 206 Å². The molecule has 2 amide bonds. The molecule has 0 aromatic heterocycles. The average molecular weight is 479 g/mol. The number of ether oxygens (including phenoxy) is 1. The first-order valence-electron chi connectivity index (χ1n) is 11.9. The van der Waals surface area contributed by atoms with Crippen molar-refractivity contribution in [1.82, 2.24) is 10.6 Å². The van der Waals surface area contributed by atoms with Gasteiger partial charge in [0.25, 0.3) is 0 Å². The SMILES string of the molecule is C=CCCC(NC(=O)CC(NC(=O)OCC1c2ccccc2-c2ccccc21)C(C)(C)C)C(=O)O. The summed E-state index contributed by atoms with van der Waals surface area (Å²) in [4.78, 5) is 36.8. The molecule has 0 saturated heterocycles. The summed E-state index contributed by atoms with van der Waals surface area (Å²) in [6, 6.07) is 14.6. The standard InChI is InChI=1S/C28H34N2O5/c1-5-6-15-23(26(32)33)29-25(31)16-24(28(2,3)4)30-27(34)35-17-22-20-13-9-7-11-18(20)19-12-8-10-14-21(19)22/h5,7-14,22-24H,1,6,15-17H2,2-4H3,(H,29,31)(H,30,34)(H,32,33). The lowest BCUT2D eigenvalue weighted by Gasteiger charge is -2.31. The van der Waals surface area contributed by atoms with Crippen molar-refractivity contribution >= 4 is 18.0 Å². The zero-order valence-electron chi connectivity index (χ0n) is 20.5. The lowest BCUT2D eigenvalue weighted by Crippen LogP contribution is -2.49. The molecule has 7 heteroatoms. The molecule has 2 aromatic carbocycles. The van der Waals surface area contributed by atoms with Gasteiger partial charge >= 0.3 is 12.1 Å². The Balaban J connectivity index is 1.63. The lowest BCUT2D eigenvalue weighted by atomic mass is 9.84. The maximum absolute atomic E-state index is 12.8. The highest BCUT2D eigenvalue weighted by Crippen LogP contribution is 2.44. The number of allylic oxidation sites excluding steroid dienone is 1. The van der Waals surface area contributed by atoms with Gasteiger partial charge < -0.3 is 20.5 Å². The maximum Gasteiger partial charge on any atom is 0.407 e. The number of hydrogen-bond acceptors (Lipinski definition) is 4. The minimum atomic E-state index is -1.10. The summed E-state index contributed by atoms with van der Waals surface area (Å²) in [5.41, 5.74) is 4.07. The fourth-order valence-electron chi connectivity index (χ4n) is 4.34. The van der Waals surface area contributed by atoms with Crippen LogP contribution >= 0.6 is 0 Å². The van der Waals surface area contributed by atoms with Crippen LogP contribution in [0.2, 0.25) is 0 Å². The van der Waals surface area contributed by atoms with Crippen molar-refractivity contribution in [2.75, 3.05) is 6.61 Å². The summed E-state index contributed by atoms with van der Waals surface area (Å²) in [5, 5.41) is 14.7. The van der Waals surface area contributed by atoms with Crippen LogP contribution in [0.4, 0.5) is 4.79 Å². The fraction of sp³-hybridized carbons (Fsp3) is 0.393. The van der Waals surface area contributed by atoms with Crippen molar-refractivity contribution in [1.29, 1.82) is 0 Å². The van der Waals surface area contributed by atoms with E-state index in [1.54, 1.807) is 6.08 Å². The van der Waals surface area contributed by atoms with Gasteiger partial charge in [0.15, 0.2) is 0 Å². The zero-order valence-corrected chi connectivity index (χ0v) is 20.5. The van der Waals surface area contributed by atoms with Gasteiger partial charge in [0.05, 0.1) is 0 Å². The van der Waals surface area contributed by atoms with Crippen LogP contribution in [0, 0.1) is 5.41 Å². The Kier molecular flexibility index (Phi) is 8.33. The Morgan fingerprint density at radius 1 is 1.03 bits per heavy atom. The van der Waals surface area contributed by atoms with Gasteiger partial charge in [0.2, 0.25) is 5.91 Å². The van der Waals surface area contributed by atoms with Gasteiger partial charge in [-0.15, -0.1) is 6.58 Å². The summed E-state index contributed by atoms with van der Waals surface area (Å²) < 4.78 is 5.63. The van der Waals surface area contributed by atoms with Gasteiger partial charge in [0.1, 0.15) is 12.6 Å². The summed E-state index contributed by atoms with van der Waals surface area (Å²) in [6.45, 7) is 9.47. The van der Waals surface area contributed by atoms with Gasteiger partial charge in [-0.05, 0) is 40.5 Å². The average Bonchev–Trinajstić information content (AvgIpc) is 3.13. The van der Waals surface area contributed by atoms with Gasteiger partial charge in [-0.25, -0.2) is 9.59 Å². The second-order valence-electron chi connectivity index (χ2n) is 9.92. The molecule has 7 nitrogen and oxygen atoms in total. The summed E-state index contributed by atoms with van der Waals surface area (Å²) in [6.07, 6.45) is 1.66. The summed E-state index contributed by atoms with van der Waals surface area (Å²) in [7, 11) is 0. The molecule has 0 spiro atoms. The third-order valence-electron chi connectivity index (χ3n) is 6.36. The molecular formula is C28H34N2O5. The van der Waals surface area contributed by atoms with Crippen LogP contribution < -0.4 is 10.6 Å². The minimum Gasteiger partial charge on any atom is -0.480 e. The van der Waals surface area contributed by atoms with Crippen LogP contribution in [0.5, 0.6) is 0 Å². The molecule has 0 fully saturated rings. The molecular weight excluding hydrogens is 444 g/mol. The number of carboxylic acids is 1. The van der Waals surface area contributed by atoms with E-state index in [1.165, 1.54) is 0 Å². The van der Waals surface area contributed by atoms with Crippen LogP contribution in [0.25, 0.3) is 11.1 Å². The van der Waals surface area contributed by atoms with Gasteiger partial charge in [0, 0.05) is 18.4 Å². The normalized spacial score (nSPS) is 14.3. The van der Waals surface area contributed by atoms with Crippen molar-refractivity contribution < 1.29 is 24.2 Å². The van der Waals surface area contributed by atoms with E-state index < -0.39 is 35.5 Å². The third-order valence-corrected chi connectivity index (χ3v) is 6.36. The van der Waals surface area contributed by atoms with Gasteiger partial charge in [-0.3, -0.25) is 4.79 Å². The lowest BCUT2D eigenvalue weighted by molar-refractivity contribution is -0.142. The molecule has 0 bridgehead atoms. The molecule has 0 aliphatic heterocycles. The number of hydrogen-bond donors (Lipinski definition) is 3. The van der Waals surface area contributed by atoms with E-state index in [9.17, 15) is 19.5 Å². The van der Waals surface area contributed by atoms with Crippen molar-refractivity contribution in [2.24, 2.45) is 5.41 Å². The van der Waals surface area contributed by atoms with Crippen LogP contribution in [-0.4, -0.2) is 41.8 Å². The Hall–Kier alpha value is -3.61. The van der Waals surface area contributed by atoms with Crippen molar-refractivity contribution in [3.63, 3.8) is 0 Å². The third kappa shape index (κ3) is 6.50. The summed E-state index contributed by atoms with van der Waals surface area (Å²) in [5.74, 6) is -1.61. The van der Waals surface area contributed by atoms with Crippen LogP contribution in [0.1, 0.15) is 57.1 Å². The van der Waals surface area contributed by atoms with Crippen molar-refractivity contribution in [2.45, 2.75) is 58.0 Å². The van der Waals surface area contributed by atoms with Crippen LogP contribution in [0.3, 0.4) is 0 Å². The first-order valence-corrected chi connectivity index (χ1v) is 11.9. The first-order chi connectivity index (χ1) is 16.6. The number of amides is 2. The second-order valence-corrected chi connectivity index (χ2v) is 9.92. The smallest absolute Gasteiger partial charge is 0.407 e. The highest BCUT2D eigenvalue weighted by Gasteiger charge is 2.32. The molecule has 2 unspecified atom stereocenters. The van der Waals surface area contributed by atoms with Gasteiger partial charge in [-0.1, -0.05) is 75.4 Å². The van der Waals surface area contributed by atoms with Gasteiger partial charge in [-0.2, -0.15) is 0 Å². The number of alkyl carbamates (subject to hydrolysis) is 1. The number of carbonyl (C=O) groups is 3. The number of fused-ring (bicyclic) bond motifs is 3. The van der Waals surface area contributed by atoms with E-state index in [2.05, 4.69) is 41.5 Å². The number of carbonyl (C=O) groups excluding carboxylic acids is 2. The molecule has 186 valence electrons. The highest BCUT2D eigenvalue weighted by molar-refractivity contribution is 5.84.